The van der Waals surface area contributed by atoms with Crippen LogP contribution < -0.4 is 16.6 Å². The molecule has 2 rings (SSSR count). The topological polar surface area (TPSA) is 63.0 Å². The molecule has 2 aromatic rings. The second-order valence-corrected chi connectivity index (χ2v) is 5.23. The number of hydrogen-bond donors (Lipinski definition) is 3. The van der Waals surface area contributed by atoms with Crippen molar-refractivity contribution in [2.24, 2.45) is 5.84 Å². The first-order valence-electron chi connectivity index (χ1n) is 5.88. The SMILES string of the molecule is Cc1ccc(Br)c(Nc2cc(C(F)(F)F)cc(NN)n2)c1. The number of anilines is 3. The van der Waals surface area contributed by atoms with Gasteiger partial charge in [0, 0.05) is 4.47 Å². The Morgan fingerprint density at radius 1 is 1.14 bits per heavy atom. The van der Waals surface area contributed by atoms with Gasteiger partial charge in [0.1, 0.15) is 11.6 Å². The molecule has 4 nitrogen and oxygen atoms in total. The van der Waals surface area contributed by atoms with Crippen molar-refractivity contribution >= 4 is 33.3 Å². The Morgan fingerprint density at radius 2 is 1.81 bits per heavy atom. The number of nitrogens with two attached hydrogens (primary N) is 1. The van der Waals surface area contributed by atoms with Crippen LogP contribution >= 0.6 is 15.9 Å². The monoisotopic (exact) mass is 360 g/mol. The number of pyridine rings is 1. The number of halogens is 4. The van der Waals surface area contributed by atoms with E-state index in [0.717, 1.165) is 22.2 Å². The lowest BCUT2D eigenvalue weighted by Gasteiger charge is -2.13. The standard InChI is InChI=1S/C13H12BrF3N4/c1-7-2-3-9(14)10(4-7)19-11-5-8(13(15,16)17)6-12(20-11)21-18/h2-6H,18H2,1H3,(H2,19,20,21). The number of alkyl halides is 3. The maximum absolute atomic E-state index is 12.8. The van der Waals surface area contributed by atoms with Gasteiger partial charge in [-0.1, -0.05) is 6.07 Å². The van der Waals surface area contributed by atoms with Gasteiger partial charge in [0.2, 0.25) is 0 Å². The van der Waals surface area contributed by atoms with Crippen molar-refractivity contribution < 1.29 is 13.2 Å². The molecule has 0 saturated heterocycles. The summed E-state index contributed by atoms with van der Waals surface area (Å²) < 4.78 is 39.2. The molecule has 0 aliphatic carbocycles. The molecule has 0 radical (unpaired) electrons. The minimum Gasteiger partial charge on any atom is -0.339 e. The van der Waals surface area contributed by atoms with Gasteiger partial charge in [0.15, 0.2) is 0 Å². The van der Waals surface area contributed by atoms with Crippen molar-refractivity contribution in [1.82, 2.24) is 4.98 Å². The highest BCUT2D eigenvalue weighted by Crippen LogP contribution is 2.33. The highest BCUT2D eigenvalue weighted by molar-refractivity contribution is 9.10. The lowest BCUT2D eigenvalue weighted by Crippen LogP contribution is -2.13. The zero-order valence-corrected chi connectivity index (χ0v) is 12.5. The molecular weight excluding hydrogens is 349 g/mol. The van der Waals surface area contributed by atoms with Gasteiger partial charge in [-0.05, 0) is 52.7 Å². The molecule has 1 aromatic heterocycles. The number of aryl methyl sites for hydroxylation is 1. The van der Waals surface area contributed by atoms with Crippen LogP contribution in [-0.2, 0) is 6.18 Å². The molecular formula is C13H12BrF3N4. The number of nitrogens with zero attached hydrogens (tertiary/aromatic N) is 1. The fraction of sp³-hybridized carbons (Fsp3) is 0.154. The van der Waals surface area contributed by atoms with E-state index in [1.54, 1.807) is 12.1 Å². The van der Waals surface area contributed by atoms with E-state index >= 15 is 0 Å². The third-order valence-corrected chi connectivity index (χ3v) is 3.38. The van der Waals surface area contributed by atoms with E-state index in [1.807, 2.05) is 13.0 Å². The van der Waals surface area contributed by atoms with Crippen LogP contribution in [0, 0.1) is 6.92 Å². The summed E-state index contributed by atoms with van der Waals surface area (Å²) in [7, 11) is 0. The minimum atomic E-state index is -4.48. The van der Waals surface area contributed by atoms with Gasteiger partial charge in [-0.3, -0.25) is 0 Å². The van der Waals surface area contributed by atoms with Crippen molar-refractivity contribution in [3.05, 3.63) is 45.9 Å². The largest absolute Gasteiger partial charge is 0.416 e. The molecule has 0 unspecified atom stereocenters. The number of aromatic nitrogens is 1. The molecule has 0 atom stereocenters. The molecule has 8 heteroatoms. The van der Waals surface area contributed by atoms with Crippen LogP contribution in [0.5, 0.6) is 0 Å². The summed E-state index contributed by atoms with van der Waals surface area (Å²) in [4.78, 5) is 3.96. The number of nitrogens with one attached hydrogen (secondary N) is 2. The third kappa shape index (κ3) is 3.85. The van der Waals surface area contributed by atoms with Gasteiger partial charge in [-0.2, -0.15) is 13.2 Å². The van der Waals surface area contributed by atoms with Crippen LogP contribution in [0.2, 0.25) is 0 Å². The van der Waals surface area contributed by atoms with Crippen LogP contribution in [-0.4, -0.2) is 4.98 Å². The van der Waals surface area contributed by atoms with E-state index in [1.165, 1.54) is 0 Å². The van der Waals surface area contributed by atoms with E-state index < -0.39 is 11.7 Å². The molecule has 0 bridgehead atoms. The van der Waals surface area contributed by atoms with Gasteiger partial charge in [-0.25, -0.2) is 10.8 Å². The predicted octanol–water partition coefficient (Wildman–Crippen LogP) is 4.20. The smallest absolute Gasteiger partial charge is 0.339 e. The van der Waals surface area contributed by atoms with Crippen LogP contribution in [0.25, 0.3) is 0 Å². The number of hydrazine groups is 1. The van der Waals surface area contributed by atoms with Crippen molar-refractivity contribution in [2.45, 2.75) is 13.1 Å². The number of benzene rings is 1. The van der Waals surface area contributed by atoms with E-state index in [-0.39, 0.29) is 11.6 Å². The zero-order chi connectivity index (χ0) is 15.6. The lowest BCUT2D eigenvalue weighted by molar-refractivity contribution is -0.137. The van der Waals surface area contributed by atoms with Gasteiger partial charge >= 0.3 is 6.18 Å². The van der Waals surface area contributed by atoms with Crippen molar-refractivity contribution in [3.8, 4) is 0 Å². The second kappa shape index (κ2) is 5.90. The molecule has 1 aromatic carbocycles. The Hall–Kier alpha value is -1.80. The van der Waals surface area contributed by atoms with Crippen LogP contribution in [0.4, 0.5) is 30.5 Å². The first-order valence-corrected chi connectivity index (χ1v) is 6.68. The highest BCUT2D eigenvalue weighted by Gasteiger charge is 2.31. The first-order chi connectivity index (χ1) is 9.79. The van der Waals surface area contributed by atoms with Gasteiger partial charge in [0.25, 0.3) is 0 Å². The van der Waals surface area contributed by atoms with Gasteiger partial charge < -0.3 is 10.7 Å². The Kier molecular flexibility index (Phi) is 4.38. The molecule has 1 heterocycles. The Morgan fingerprint density at radius 3 is 2.43 bits per heavy atom. The maximum Gasteiger partial charge on any atom is 0.416 e. The molecule has 0 fully saturated rings. The van der Waals surface area contributed by atoms with Crippen LogP contribution in [0.15, 0.2) is 34.8 Å². The van der Waals surface area contributed by atoms with Gasteiger partial charge in [0.05, 0.1) is 11.3 Å². The molecule has 0 aliphatic heterocycles. The molecule has 0 saturated carbocycles. The molecule has 21 heavy (non-hydrogen) atoms. The zero-order valence-electron chi connectivity index (χ0n) is 10.9. The third-order valence-electron chi connectivity index (χ3n) is 2.69. The fourth-order valence-electron chi connectivity index (χ4n) is 1.71. The number of hydrogen-bond acceptors (Lipinski definition) is 4. The van der Waals surface area contributed by atoms with Crippen molar-refractivity contribution in [1.29, 1.82) is 0 Å². The van der Waals surface area contributed by atoms with E-state index in [4.69, 9.17) is 5.84 Å². The van der Waals surface area contributed by atoms with Crippen molar-refractivity contribution in [3.63, 3.8) is 0 Å². The molecule has 112 valence electrons. The van der Waals surface area contributed by atoms with E-state index in [2.05, 4.69) is 31.7 Å². The lowest BCUT2D eigenvalue weighted by atomic mass is 10.2. The first kappa shape index (κ1) is 15.6. The van der Waals surface area contributed by atoms with Crippen LogP contribution in [0.3, 0.4) is 0 Å². The average Bonchev–Trinajstić information content (AvgIpc) is 2.41. The Bertz CT molecular complexity index is 658. The minimum absolute atomic E-state index is 0.0454. The van der Waals surface area contributed by atoms with Gasteiger partial charge in [-0.15, -0.1) is 0 Å². The number of nitrogen functional groups attached to an aromatic ring is 1. The quantitative estimate of drug-likeness (QED) is 0.566. The summed E-state index contributed by atoms with van der Waals surface area (Å²) in [5.41, 5.74) is 2.87. The predicted molar refractivity (Wildman–Crippen MR) is 79.2 cm³/mol. The summed E-state index contributed by atoms with van der Waals surface area (Å²) in [6.45, 7) is 1.88. The van der Waals surface area contributed by atoms with E-state index in [0.29, 0.717) is 5.69 Å². The summed E-state index contributed by atoms with van der Waals surface area (Å²) in [5, 5.41) is 2.85. The average molecular weight is 361 g/mol. The van der Waals surface area contributed by atoms with Crippen LogP contribution in [0.1, 0.15) is 11.1 Å². The second-order valence-electron chi connectivity index (χ2n) is 4.38. The summed E-state index contributed by atoms with van der Waals surface area (Å²) in [6, 6.07) is 7.24. The molecule has 0 aliphatic rings. The summed E-state index contributed by atoms with van der Waals surface area (Å²) in [6.07, 6.45) is -4.48. The van der Waals surface area contributed by atoms with Crippen molar-refractivity contribution in [2.75, 3.05) is 10.7 Å². The highest BCUT2D eigenvalue weighted by atomic mass is 79.9. The molecule has 4 N–H and O–H groups in total. The molecule has 0 amide bonds. The van der Waals surface area contributed by atoms with E-state index in [9.17, 15) is 13.2 Å². The Balaban J connectivity index is 2.42. The Labute approximate surface area is 127 Å². The summed E-state index contributed by atoms with van der Waals surface area (Å²) in [5.74, 6) is 5.13. The fourth-order valence-corrected chi connectivity index (χ4v) is 2.05. The maximum atomic E-state index is 12.8. The normalized spacial score (nSPS) is 11.3. The summed E-state index contributed by atoms with van der Waals surface area (Å²) >= 11 is 3.33. The number of rotatable bonds is 3. The molecule has 0 spiro atoms.